The van der Waals surface area contributed by atoms with Crippen LogP contribution in [0.15, 0.2) is 4.99 Å². The van der Waals surface area contributed by atoms with Crippen molar-refractivity contribution in [3.63, 3.8) is 0 Å². The first-order valence-electron chi connectivity index (χ1n) is 10.6. The third-order valence-electron chi connectivity index (χ3n) is 6.58. The van der Waals surface area contributed by atoms with E-state index in [9.17, 15) is 4.79 Å². The third-order valence-corrected chi connectivity index (χ3v) is 6.58. The maximum atomic E-state index is 11.7. The van der Waals surface area contributed by atoms with E-state index in [1.807, 2.05) is 0 Å². The maximum absolute atomic E-state index is 11.7. The first kappa shape index (κ1) is 20.2. The molecule has 0 radical (unpaired) electrons. The van der Waals surface area contributed by atoms with Crippen molar-refractivity contribution in [1.29, 1.82) is 0 Å². The summed E-state index contributed by atoms with van der Waals surface area (Å²) in [5, 5.41) is 7.33. The number of methoxy groups -OCH3 is 1. The fourth-order valence-corrected chi connectivity index (χ4v) is 5.07. The molecular weight excluding hydrogens is 344 g/mol. The van der Waals surface area contributed by atoms with Crippen LogP contribution in [0, 0.1) is 5.41 Å². The van der Waals surface area contributed by atoms with Gasteiger partial charge in [0.2, 0.25) is 0 Å². The molecule has 1 aliphatic heterocycles. The molecule has 1 spiro atoms. The number of likely N-dealkylation sites (tertiary alicyclic amines) is 1. The largest absolute Gasteiger partial charge is 0.453 e. The van der Waals surface area contributed by atoms with Crippen LogP contribution >= 0.6 is 0 Å². The van der Waals surface area contributed by atoms with Gasteiger partial charge in [-0.1, -0.05) is 12.8 Å². The highest BCUT2D eigenvalue weighted by atomic mass is 16.5. The number of aliphatic imine (C=N–C) groups is 1. The lowest BCUT2D eigenvalue weighted by molar-refractivity contribution is -0.125. The highest BCUT2D eigenvalue weighted by Crippen LogP contribution is 2.54. The third kappa shape index (κ3) is 4.33. The Hall–Kier alpha value is -1.50. The molecular formula is C20H36N4O3. The minimum Gasteiger partial charge on any atom is -0.453 e. The minimum absolute atomic E-state index is 0.228. The van der Waals surface area contributed by atoms with Gasteiger partial charge in [-0.2, -0.15) is 0 Å². The van der Waals surface area contributed by atoms with Gasteiger partial charge in [-0.05, 0) is 46.0 Å². The van der Waals surface area contributed by atoms with Crippen molar-refractivity contribution < 1.29 is 14.3 Å². The van der Waals surface area contributed by atoms with E-state index < -0.39 is 0 Å². The number of piperidine rings is 1. The van der Waals surface area contributed by atoms with E-state index in [0.29, 0.717) is 23.6 Å². The zero-order valence-electron chi connectivity index (χ0n) is 17.1. The Morgan fingerprint density at radius 1 is 1.19 bits per heavy atom. The summed E-state index contributed by atoms with van der Waals surface area (Å²) in [6, 6.07) is 0.788. The molecule has 1 saturated heterocycles. The summed E-state index contributed by atoms with van der Waals surface area (Å²) in [6.07, 6.45) is 8.19. The molecule has 2 atom stereocenters. The predicted octanol–water partition coefficient (Wildman–Crippen LogP) is 2.51. The quantitative estimate of drug-likeness (QED) is 0.566. The highest BCUT2D eigenvalue weighted by Gasteiger charge is 2.57. The fourth-order valence-electron chi connectivity index (χ4n) is 5.07. The van der Waals surface area contributed by atoms with Gasteiger partial charge in [-0.25, -0.2) is 4.79 Å². The normalized spacial score (nSPS) is 28.1. The Balaban J connectivity index is 1.54. The Labute approximate surface area is 163 Å². The maximum Gasteiger partial charge on any atom is 0.409 e. The van der Waals surface area contributed by atoms with E-state index in [1.165, 1.54) is 32.8 Å². The van der Waals surface area contributed by atoms with E-state index in [2.05, 4.69) is 29.5 Å². The average Bonchev–Trinajstić information content (AvgIpc) is 3.20. The number of nitrogens with zero attached hydrogens (tertiary/aromatic N) is 2. The van der Waals surface area contributed by atoms with Gasteiger partial charge in [0.05, 0.1) is 13.2 Å². The average molecular weight is 381 g/mol. The number of carbonyl (C=O) groups excluding carboxylic acids is 1. The first-order valence-corrected chi connectivity index (χ1v) is 10.6. The van der Waals surface area contributed by atoms with Crippen molar-refractivity contribution in [2.75, 3.05) is 33.4 Å². The van der Waals surface area contributed by atoms with Gasteiger partial charge in [-0.3, -0.25) is 4.99 Å². The summed E-state index contributed by atoms with van der Waals surface area (Å²) >= 11 is 0. The van der Waals surface area contributed by atoms with Crippen molar-refractivity contribution in [3.05, 3.63) is 0 Å². The van der Waals surface area contributed by atoms with Crippen molar-refractivity contribution in [1.82, 2.24) is 15.5 Å². The number of ether oxygens (including phenoxy) is 2. The molecule has 2 aliphatic carbocycles. The van der Waals surface area contributed by atoms with E-state index in [-0.39, 0.29) is 6.09 Å². The second kappa shape index (κ2) is 9.13. The van der Waals surface area contributed by atoms with Gasteiger partial charge in [0.15, 0.2) is 5.96 Å². The van der Waals surface area contributed by atoms with E-state index >= 15 is 0 Å². The van der Waals surface area contributed by atoms with Gasteiger partial charge in [-0.15, -0.1) is 0 Å². The van der Waals surface area contributed by atoms with Gasteiger partial charge >= 0.3 is 6.09 Å². The summed E-state index contributed by atoms with van der Waals surface area (Å²) in [7, 11) is 1.44. The summed E-state index contributed by atoms with van der Waals surface area (Å²) in [5.74, 6) is 0.917. The van der Waals surface area contributed by atoms with Crippen LogP contribution in [-0.2, 0) is 9.47 Å². The van der Waals surface area contributed by atoms with Gasteiger partial charge in [0.25, 0.3) is 0 Å². The lowest BCUT2D eigenvalue weighted by Crippen LogP contribution is -2.65. The van der Waals surface area contributed by atoms with Crippen LogP contribution in [0.3, 0.4) is 0 Å². The number of hydrogen-bond acceptors (Lipinski definition) is 4. The molecule has 2 saturated carbocycles. The van der Waals surface area contributed by atoms with Gasteiger partial charge < -0.3 is 25.0 Å². The molecule has 2 unspecified atom stereocenters. The van der Waals surface area contributed by atoms with Gasteiger partial charge in [0.1, 0.15) is 0 Å². The molecule has 154 valence electrons. The summed E-state index contributed by atoms with van der Waals surface area (Å²) < 4.78 is 10.9. The SMILES string of the molecule is CCN=C(NC1CCN(C(=O)OC)CC1)NC1CC(OCC)C12CCCC2. The van der Waals surface area contributed by atoms with Crippen molar-refractivity contribution in [2.45, 2.75) is 77.0 Å². The smallest absolute Gasteiger partial charge is 0.409 e. The molecule has 1 amide bonds. The molecule has 7 nitrogen and oxygen atoms in total. The molecule has 7 heteroatoms. The number of amides is 1. The molecule has 0 aromatic carbocycles. The zero-order chi connectivity index (χ0) is 19.3. The second-order valence-corrected chi connectivity index (χ2v) is 8.02. The topological polar surface area (TPSA) is 75.2 Å². The van der Waals surface area contributed by atoms with Crippen molar-refractivity contribution in [3.8, 4) is 0 Å². The number of nitrogens with one attached hydrogen (secondary N) is 2. The van der Waals surface area contributed by atoms with Crippen LogP contribution in [0.4, 0.5) is 4.79 Å². The molecule has 3 rings (SSSR count). The van der Waals surface area contributed by atoms with Crippen LogP contribution in [-0.4, -0.2) is 68.5 Å². The monoisotopic (exact) mass is 380 g/mol. The molecule has 0 bridgehead atoms. The lowest BCUT2D eigenvalue weighted by Gasteiger charge is -2.54. The van der Waals surface area contributed by atoms with Crippen LogP contribution in [0.25, 0.3) is 0 Å². The van der Waals surface area contributed by atoms with Crippen LogP contribution < -0.4 is 10.6 Å². The van der Waals surface area contributed by atoms with E-state index in [4.69, 9.17) is 9.47 Å². The van der Waals surface area contributed by atoms with Crippen molar-refractivity contribution >= 4 is 12.1 Å². The number of carbonyl (C=O) groups is 1. The highest BCUT2D eigenvalue weighted by molar-refractivity contribution is 5.80. The Morgan fingerprint density at radius 3 is 2.48 bits per heavy atom. The number of hydrogen-bond donors (Lipinski definition) is 2. The van der Waals surface area contributed by atoms with Crippen LogP contribution in [0.2, 0.25) is 0 Å². The number of guanidine groups is 1. The standard InChI is InChI=1S/C20H36N4O3/c1-4-21-18(22-15-8-12-24(13-9-15)19(25)26-3)23-16-14-17(27-5-2)20(16)10-6-7-11-20/h15-17H,4-14H2,1-3H3,(H2,21,22,23). The Morgan fingerprint density at radius 2 is 1.89 bits per heavy atom. The summed E-state index contributed by atoms with van der Waals surface area (Å²) in [5.41, 5.74) is 0.292. The second-order valence-electron chi connectivity index (χ2n) is 8.02. The zero-order valence-corrected chi connectivity index (χ0v) is 17.1. The minimum atomic E-state index is -0.228. The van der Waals surface area contributed by atoms with Gasteiger partial charge in [0, 0.05) is 43.7 Å². The van der Waals surface area contributed by atoms with Crippen LogP contribution in [0.1, 0.15) is 58.8 Å². The first-order chi connectivity index (χ1) is 13.1. The summed E-state index contributed by atoms with van der Waals surface area (Å²) in [4.78, 5) is 18.1. The Bertz CT molecular complexity index is 525. The molecule has 1 heterocycles. The van der Waals surface area contributed by atoms with Crippen LogP contribution in [0.5, 0.6) is 0 Å². The molecule has 2 N–H and O–H groups in total. The Kier molecular flexibility index (Phi) is 6.84. The van der Waals surface area contributed by atoms with E-state index in [0.717, 1.165) is 51.5 Å². The lowest BCUT2D eigenvalue weighted by atomic mass is 9.60. The predicted molar refractivity (Wildman–Crippen MR) is 106 cm³/mol. The summed E-state index contributed by atoms with van der Waals surface area (Å²) in [6.45, 7) is 7.16. The molecule has 3 fully saturated rings. The fraction of sp³-hybridized carbons (Fsp3) is 0.900. The van der Waals surface area contributed by atoms with E-state index in [1.54, 1.807) is 4.90 Å². The van der Waals surface area contributed by atoms with Crippen molar-refractivity contribution in [2.24, 2.45) is 10.4 Å². The molecule has 0 aromatic rings. The molecule has 3 aliphatic rings. The number of rotatable bonds is 5. The molecule has 27 heavy (non-hydrogen) atoms. The molecule has 0 aromatic heterocycles.